The molecule has 0 aliphatic heterocycles. The molecule has 0 atom stereocenters. The maximum Gasteiger partial charge on any atom is 0.184 e. The average Bonchev–Trinajstić information content (AvgIpc) is 2.78. The van der Waals surface area contributed by atoms with E-state index >= 15 is 0 Å². The highest BCUT2D eigenvalue weighted by molar-refractivity contribution is 9.10. The quantitative estimate of drug-likeness (QED) is 0.670. The molecule has 1 N–H and O–H groups in total. The van der Waals surface area contributed by atoms with Crippen molar-refractivity contribution in [1.82, 2.24) is 19.3 Å². The second-order valence-corrected chi connectivity index (χ2v) is 6.36. The van der Waals surface area contributed by atoms with Gasteiger partial charge in [-0.15, -0.1) is 0 Å². The number of H-pyrrole nitrogens is 1. The Morgan fingerprint density at radius 3 is 2.40 bits per heavy atom. The van der Waals surface area contributed by atoms with Gasteiger partial charge >= 0.3 is 0 Å². The van der Waals surface area contributed by atoms with Crippen molar-refractivity contribution in [1.29, 1.82) is 0 Å². The Hall–Kier alpha value is -1.40. The predicted molar refractivity (Wildman–Crippen MR) is 87.1 cm³/mol. The van der Waals surface area contributed by atoms with Gasteiger partial charge in [-0.3, -0.25) is 4.57 Å². The zero-order valence-corrected chi connectivity index (χ0v) is 14.2. The maximum absolute atomic E-state index is 5.51. The van der Waals surface area contributed by atoms with Gasteiger partial charge in [0.25, 0.3) is 0 Å². The van der Waals surface area contributed by atoms with Crippen LogP contribution in [0, 0.1) is 25.5 Å². The first-order valence-corrected chi connectivity index (χ1v) is 7.51. The Morgan fingerprint density at radius 1 is 1.20 bits per heavy atom. The molecule has 2 heterocycles. The molecular formula is C14H15BrN4S. The maximum atomic E-state index is 5.51. The Labute approximate surface area is 130 Å². The number of nitrogens with zero attached hydrogens (tertiary/aromatic N) is 3. The van der Waals surface area contributed by atoms with Crippen molar-refractivity contribution in [2.75, 3.05) is 0 Å². The van der Waals surface area contributed by atoms with E-state index in [0.717, 1.165) is 27.0 Å². The number of aromatic nitrogens is 4. The number of rotatable bonds is 1. The fraction of sp³-hybridized carbons (Fsp3) is 0.286. The molecule has 104 valence electrons. The average molecular weight is 351 g/mol. The fourth-order valence-electron chi connectivity index (χ4n) is 2.77. The molecule has 0 fully saturated rings. The lowest BCUT2D eigenvalue weighted by molar-refractivity contribution is 0.758. The Bertz CT molecular complexity index is 862. The summed E-state index contributed by atoms with van der Waals surface area (Å²) in [6, 6.07) is 4.21. The molecule has 20 heavy (non-hydrogen) atoms. The van der Waals surface area contributed by atoms with Crippen molar-refractivity contribution >= 4 is 39.3 Å². The van der Waals surface area contributed by atoms with Gasteiger partial charge in [0.1, 0.15) is 5.52 Å². The first kappa shape index (κ1) is 13.6. The summed E-state index contributed by atoms with van der Waals surface area (Å²) in [5, 5.41) is 4.46. The van der Waals surface area contributed by atoms with Crippen LogP contribution in [0.25, 0.3) is 16.9 Å². The molecule has 0 amide bonds. The van der Waals surface area contributed by atoms with Crippen LogP contribution in [-0.4, -0.2) is 19.3 Å². The van der Waals surface area contributed by atoms with E-state index in [4.69, 9.17) is 12.2 Å². The van der Waals surface area contributed by atoms with E-state index in [2.05, 4.69) is 56.6 Å². The van der Waals surface area contributed by atoms with Crippen molar-refractivity contribution in [2.45, 2.75) is 20.8 Å². The van der Waals surface area contributed by atoms with Crippen LogP contribution < -0.4 is 0 Å². The van der Waals surface area contributed by atoms with E-state index in [0.29, 0.717) is 4.77 Å². The van der Waals surface area contributed by atoms with E-state index < -0.39 is 0 Å². The van der Waals surface area contributed by atoms with Gasteiger partial charge in [0.2, 0.25) is 0 Å². The van der Waals surface area contributed by atoms with Crippen molar-refractivity contribution in [3.63, 3.8) is 0 Å². The third-order valence-corrected chi connectivity index (χ3v) is 4.26. The number of fused-ring (bicyclic) bond motifs is 1. The molecule has 1 aromatic carbocycles. The lowest BCUT2D eigenvalue weighted by Crippen LogP contribution is -2.04. The lowest BCUT2D eigenvalue weighted by atomic mass is 10.1. The summed E-state index contributed by atoms with van der Waals surface area (Å²) in [6.07, 6.45) is 0. The van der Waals surface area contributed by atoms with Crippen LogP contribution >= 0.6 is 28.1 Å². The van der Waals surface area contributed by atoms with E-state index in [1.54, 1.807) is 0 Å². The molecule has 2 aromatic heterocycles. The van der Waals surface area contributed by atoms with E-state index in [1.165, 1.54) is 11.1 Å². The standard InChI is InChI=1S/C14H15BrN4S/c1-7-5-10(15)6-8(2)12(7)19-13-11(16-14(19)20)9(3)17-18(13)4/h5-6H,1-4H3,(H,16,20). The van der Waals surface area contributed by atoms with Crippen LogP contribution in [0.15, 0.2) is 16.6 Å². The van der Waals surface area contributed by atoms with Crippen molar-refractivity contribution in [3.8, 4) is 5.69 Å². The number of nitrogens with one attached hydrogen (secondary N) is 1. The summed E-state index contributed by atoms with van der Waals surface area (Å²) in [7, 11) is 1.94. The summed E-state index contributed by atoms with van der Waals surface area (Å²) in [4.78, 5) is 3.27. The zero-order valence-electron chi connectivity index (χ0n) is 11.8. The summed E-state index contributed by atoms with van der Waals surface area (Å²) in [5.41, 5.74) is 6.42. The number of aryl methyl sites for hydroxylation is 4. The fourth-order valence-corrected chi connectivity index (χ4v) is 3.74. The minimum absolute atomic E-state index is 0.699. The van der Waals surface area contributed by atoms with Gasteiger partial charge in [-0.05, 0) is 56.2 Å². The Balaban J connectivity index is 2.47. The molecular weight excluding hydrogens is 336 g/mol. The topological polar surface area (TPSA) is 38.5 Å². The SMILES string of the molecule is Cc1cc(Br)cc(C)c1-n1c(=S)[nH]c2c(C)nn(C)c21. The van der Waals surface area contributed by atoms with Gasteiger partial charge < -0.3 is 4.98 Å². The van der Waals surface area contributed by atoms with E-state index in [-0.39, 0.29) is 0 Å². The first-order valence-electron chi connectivity index (χ1n) is 6.31. The van der Waals surface area contributed by atoms with E-state index in [9.17, 15) is 0 Å². The Kier molecular flexibility index (Phi) is 3.10. The van der Waals surface area contributed by atoms with Gasteiger partial charge in [0.05, 0.1) is 11.4 Å². The molecule has 0 unspecified atom stereocenters. The van der Waals surface area contributed by atoms with Gasteiger partial charge in [-0.1, -0.05) is 15.9 Å². The van der Waals surface area contributed by atoms with Crippen LogP contribution in [0.3, 0.4) is 0 Å². The molecule has 0 radical (unpaired) electrons. The largest absolute Gasteiger partial charge is 0.327 e. The lowest BCUT2D eigenvalue weighted by Gasteiger charge is -2.12. The number of aromatic amines is 1. The first-order chi connectivity index (χ1) is 9.40. The number of benzene rings is 1. The summed E-state index contributed by atoms with van der Waals surface area (Å²) in [6.45, 7) is 6.17. The van der Waals surface area contributed by atoms with Gasteiger partial charge in [0, 0.05) is 11.5 Å². The molecule has 3 aromatic rings. The summed E-state index contributed by atoms with van der Waals surface area (Å²) in [5.74, 6) is 0. The summed E-state index contributed by atoms with van der Waals surface area (Å²) < 4.78 is 5.72. The second-order valence-electron chi connectivity index (χ2n) is 5.06. The second kappa shape index (κ2) is 4.56. The normalized spacial score (nSPS) is 11.4. The van der Waals surface area contributed by atoms with Crippen LogP contribution in [0.5, 0.6) is 0 Å². The van der Waals surface area contributed by atoms with E-state index in [1.807, 2.05) is 18.7 Å². The zero-order chi connectivity index (χ0) is 14.6. The molecule has 0 saturated carbocycles. The van der Waals surface area contributed by atoms with Crippen LogP contribution in [0.1, 0.15) is 16.8 Å². The number of halogens is 1. The highest BCUT2D eigenvalue weighted by atomic mass is 79.9. The third kappa shape index (κ3) is 1.86. The third-order valence-electron chi connectivity index (χ3n) is 3.52. The molecule has 0 bridgehead atoms. The highest BCUT2D eigenvalue weighted by Crippen LogP contribution is 2.28. The molecule has 0 aliphatic carbocycles. The number of hydrogen-bond donors (Lipinski definition) is 1. The van der Waals surface area contributed by atoms with Crippen LogP contribution in [-0.2, 0) is 7.05 Å². The minimum atomic E-state index is 0.699. The predicted octanol–water partition coefficient (Wildman–Crippen LogP) is 4.11. The van der Waals surface area contributed by atoms with Crippen molar-refractivity contribution < 1.29 is 0 Å². The molecule has 0 aliphatic rings. The van der Waals surface area contributed by atoms with Gasteiger partial charge in [-0.25, -0.2) is 4.68 Å². The Morgan fingerprint density at radius 2 is 1.80 bits per heavy atom. The van der Waals surface area contributed by atoms with Crippen LogP contribution in [0.4, 0.5) is 0 Å². The monoisotopic (exact) mass is 350 g/mol. The molecule has 3 rings (SSSR count). The molecule has 0 spiro atoms. The number of imidazole rings is 1. The molecule has 4 nitrogen and oxygen atoms in total. The van der Waals surface area contributed by atoms with Gasteiger partial charge in [0.15, 0.2) is 10.4 Å². The van der Waals surface area contributed by atoms with Crippen LogP contribution in [0.2, 0.25) is 0 Å². The number of hydrogen-bond acceptors (Lipinski definition) is 2. The molecule has 0 saturated heterocycles. The smallest absolute Gasteiger partial charge is 0.184 e. The van der Waals surface area contributed by atoms with Crippen molar-refractivity contribution in [2.24, 2.45) is 7.05 Å². The highest BCUT2D eigenvalue weighted by Gasteiger charge is 2.17. The van der Waals surface area contributed by atoms with Gasteiger partial charge in [-0.2, -0.15) is 5.10 Å². The molecule has 6 heteroatoms. The van der Waals surface area contributed by atoms with Crippen molar-refractivity contribution in [3.05, 3.63) is 38.2 Å². The minimum Gasteiger partial charge on any atom is -0.327 e. The summed E-state index contributed by atoms with van der Waals surface area (Å²) >= 11 is 9.05.